The number of nitrogens with one attached hydrogen (secondary N) is 1. The standard InChI is InChI=1S/C22H12ClN3O2/c23-13-7-5-12(6-8-13)22(28)26-17-10-9-16-18-19(17)21(27)15-4-2-1-3-14(15)20(18)25-11-24-16/h1-11H,(H,26,28). The highest BCUT2D eigenvalue weighted by molar-refractivity contribution is 6.31. The lowest BCUT2D eigenvalue weighted by atomic mass is 9.86. The Hall–Kier alpha value is -3.57. The molecule has 0 radical (unpaired) electrons. The molecule has 0 fully saturated rings. The molecule has 5 rings (SSSR count). The minimum absolute atomic E-state index is 0.157. The Kier molecular flexibility index (Phi) is 3.70. The van der Waals surface area contributed by atoms with Gasteiger partial charge in [0.1, 0.15) is 6.33 Å². The second kappa shape index (κ2) is 6.25. The fourth-order valence-electron chi connectivity index (χ4n) is 3.51. The first-order valence-corrected chi connectivity index (χ1v) is 9.00. The topological polar surface area (TPSA) is 72.0 Å². The van der Waals surface area contributed by atoms with Crippen LogP contribution in [0.5, 0.6) is 0 Å². The highest BCUT2D eigenvalue weighted by Crippen LogP contribution is 2.40. The Bertz CT molecular complexity index is 1280. The first-order valence-electron chi connectivity index (χ1n) is 8.62. The molecule has 0 saturated heterocycles. The number of aromatic nitrogens is 2. The molecule has 1 aliphatic rings. The zero-order chi connectivity index (χ0) is 19.3. The van der Waals surface area contributed by atoms with Gasteiger partial charge in [-0.05, 0) is 36.4 Å². The molecule has 1 amide bonds. The molecular weight excluding hydrogens is 374 g/mol. The van der Waals surface area contributed by atoms with E-state index in [1.54, 1.807) is 42.5 Å². The molecule has 134 valence electrons. The van der Waals surface area contributed by atoms with Crippen LogP contribution in [0.3, 0.4) is 0 Å². The fourth-order valence-corrected chi connectivity index (χ4v) is 3.64. The van der Waals surface area contributed by atoms with Crippen molar-refractivity contribution >= 4 is 39.9 Å². The fraction of sp³-hybridized carbons (Fsp3) is 0. The lowest BCUT2D eigenvalue weighted by Gasteiger charge is -2.21. The predicted molar refractivity (Wildman–Crippen MR) is 108 cm³/mol. The Morgan fingerprint density at radius 1 is 0.893 bits per heavy atom. The van der Waals surface area contributed by atoms with E-state index in [0.717, 1.165) is 5.56 Å². The minimum Gasteiger partial charge on any atom is -0.321 e. The summed E-state index contributed by atoms with van der Waals surface area (Å²) >= 11 is 5.89. The number of amides is 1. The van der Waals surface area contributed by atoms with Crippen molar-refractivity contribution in [2.24, 2.45) is 0 Å². The summed E-state index contributed by atoms with van der Waals surface area (Å²) in [5, 5.41) is 4.05. The van der Waals surface area contributed by atoms with Crippen LogP contribution in [-0.4, -0.2) is 21.7 Å². The van der Waals surface area contributed by atoms with Crippen LogP contribution in [0.2, 0.25) is 5.02 Å². The molecule has 0 saturated carbocycles. The van der Waals surface area contributed by atoms with E-state index >= 15 is 0 Å². The van der Waals surface area contributed by atoms with Gasteiger partial charge in [0.25, 0.3) is 5.91 Å². The van der Waals surface area contributed by atoms with Crippen molar-refractivity contribution < 1.29 is 9.59 Å². The monoisotopic (exact) mass is 385 g/mol. The number of hydrogen-bond donors (Lipinski definition) is 1. The molecule has 0 aliphatic heterocycles. The Balaban J connectivity index is 1.69. The number of benzene rings is 3. The van der Waals surface area contributed by atoms with Crippen molar-refractivity contribution in [3.05, 3.63) is 88.7 Å². The molecule has 5 nitrogen and oxygen atoms in total. The first kappa shape index (κ1) is 16.6. The van der Waals surface area contributed by atoms with Gasteiger partial charge in [-0.15, -0.1) is 0 Å². The van der Waals surface area contributed by atoms with Crippen LogP contribution in [0.25, 0.3) is 22.2 Å². The number of halogens is 1. The molecule has 4 aromatic rings. The Morgan fingerprint density at radius 3 is 2.43 bits per heavy atom. The van der Waals surface area contributed by atoms with E-state index in [0.29, 0.717) is 44.0 Å². The summed E-state index contributed by atoms with van der Waals surface area (Å²) < 4.78 is 0. The van der Waals surface area contributed by atoms with E-state index in [1.807, 2.05) is 18.2 Å². The number of hydrogen-bond acceptors (Lipinski definition) is 4. The molecule has 1 heterocycles. The molecule has 1 aliphatic carbocycles. The molecular formula is C22H12ClN3O2. The third-order valence-electron chi connectivity index (χ3n) is 4.81. The van der Waals surface area contributed by atoms with Crippen molar-refractivity contribution in [2.75, 3.05) is 5.32 Å². The van der Waals surface area contributed by atoms with Gasteiger partial charge in [0.2, 0.25) is 0 Å². The van der Waals surface area contributed by atoms with E-state index in [2.05, 4.69) is 15.3 Å². The van der Waals surface area contributed by atoms with Crippen molar-refractivity contribution in [3.63, 3.8) is 0 Å². The third kappa shape index (κ3) is 2.48. The highest BCUT2D eigenvalue weighted by Gasteiger charge is 2.29. The number of carbonyl (C=O) groups excluding carboxylic acids is 2. The van der Waals surface area contributed by atoms with E-state index in [9.17, 15) is 9.59 Å². The summed E-state index contributed by atoms with van der Waals surface area (Å²) in [6.07, 6.45) is 1.49. The van der Waals surface area contributed by atoms with Crippen molar-refractivity contribution in [2.45, 2.75) is 0 Å². The molecule has 0 atom stereocenters. The van der Waals surface area contributed by atoms with Gasteiger partial charge in [-0.1, -0.05) is 35.9 Å². The summed E-state index contributed by atoms with van der Waals surface area (Å²) in [7, 11) is 0. The SMILES string of the molecule is O=C(Nc1ccc2ncnc3c2c1C(=O)c1ccccc1-3)c1ccc(Cl)cc1. The van der Waals surface area contributed by atoms with Gasteiger partial charge in [-0.3, -0.25) is 9.59 Å². The molecule has 28 heavy (non-hydrogen) atoms. The number of anilines is 1. The molecule has 3 aromatic carbocycles. The number of nitrogens with zero attached hydrogens (tertiary/aromatic N) is 2. The molecule has 1 N–H and O–H groups in total. The molecule has 0 unspecified atom stereocenters. The summed E-state index contributed by atoms with van der Waals surface area (Å²) in [5.74, 6) is -0.479. The second-order valence-corrected chi connectivity index (χ2v) is 6.88. The van der Waals surface area contributed by atoms with E-state index in [-0.39, 0.29) is 11.7 Å². The zero-order valence-corrected chi connectivity index (χ0v) is 15.2. The van der Waals surface area contributed by atoms with Crippen molar-refractivity contribution in [1.82, 2.24) is 9.97 Å². The average Bonchev–Trinajstić information content (AvgIpc) is 2.73. The summed E-state index contributed by atoms with van der Waals surface area (Å²) in [6.45, 7) is 0. The Morgan fingerprint density at radius 2 is 1.64 bits per heavy atom. The maximum absolute atomic E-state index is 13.3. The number of ketones is 1. The van der Waals surface area contributed by atoms with E-state index in [1.165, 1.54) is 6.33 Å². The summed E-state index contributed by atoms with van der Waals surface area (Å²) in [6, 6.07) is 17.4. The molecule has 0 bridgehead atoms. The van der Waals surface area contributed by atoms with Crippen LogP contribution in [0.4, 0.5) is 5.69 Å². The maximum Gasteiger partial charge on any atom is 0.255 e. The third-order valence-corrected chi connectivity index (χ3v) is 5.06. The van der Waals surface area contributed by atoms with E-state index in [4.69, 9.17) is 11.6 Å². The second-order valence-electron chi connectivity index (χ2n) is 6.44. The van der Waals surface area contributed by atoms with Crippen LogP contribution < -0.4 is 5.32 Å². The van der Waals surface area contributed by atoms with Crippen LogP contribution in [0.15, 0.2) is 67.0 Å². The average molecular weight is 386 g/mol. The van der Waals surface area contributed by atoms with Gasteiger partial charge in [0, 0.05) is 27.1 Å². The lowest BCUT2D eigenvalue weighted by Crippen LogP contribution is -2.18. The van der Waals surface area contributed by atoms with Gasteiger partial charge in [-0.25, -0.2) is 9.97 Å². The predicted octanol–water partition coefficient (Wildman–Crippen LogP) is 4.75. The van der Waals surface area contributed by atoms with Gasteiger partial charge in [0.15, 0.2) is 5.78 Å². The largest absolute Gasteiger partial charge is 0.321 e. The number of carbonyl (C=O) groups is 2. The minimum atomic E-state index is -0.322. The normalized spacial score (nSPS) is 12.0. The quantitative estimate of drug-likeness (QED) is 0.476. The van der Waals surface area contributed by atoms with Crippen molar-refractivity contribution in [3.8, 4) is 11.3 Å². The molecule has 6 heteroatoms. The number of fused-ring (bicyclic) bond motifs is 2. The highest BCUT2D eigenvalue weighted by atomic mass is 35.5. The maximum atomic E-state index is 13.3. The van der Waals surface area contributed by atoms with Crippen LogP contribution in [-0.2, 0) is 0 Å². The van der Waals surface area contributed by atoms with Crippen LogP contribution in [0.1, 0.15) is 26.3 Å². The zero-order valence-electron chi connectivity index (χ0n) is 14.4. The van der Waals surface area contributed by atoms with Crippen LogP contribution >= 0.6 is 11.6 Å². The lowest BCUT2D eigenvalue weighted by molar-refractivity contribution is 0.102. The Labute approximate surface area is 165 Å². The summed E-state index contributed by atoms with van der Waals surface area (Å²) in [4.78, 5) is 34.6. The summed E-state index contributed by atoms with van der Waals surface area (Å²) in [5.41, 5.74) is 3.98. The van der Waals surface area contributed by atoms with Gasteiger partial charge in [0.05, 0.1) is 22.5 Å². The first-order chi connectivity index (χ1) is 13.6. The van der Waals surface area contributed by atoms with Gasteiger partial charge >= 0.3 is 0 Å². The van der Waals surface area contributed by atoms with Gasteiger partial charge < -0.3 is 5.32 Å². The smallest absolute Gasteiger partial charge is 0.255 e. The van der Waals surface area contributed by atoms with Crippen molar-refractivity contribution in [1.29, 1.82) is 0 Å². The van der Waals surface area contributed by atoms with Gasteiger partial charge in [-0.2, -0.15) is 0 Å². The van der Waals surface area contributed by atoms with E-state index < -0.39 is 0 Å². The molecule has 1 aromatic heterocycles. The molecule has 0 spiro atoms. The number of rotatable bonds is 2. The van der Waals surface area contributed by atoms with Crippen LogP contribution in [0, 0.1) is 0 Å².